The van der Waals surface area contributed by atoms with E-state index >= 15 is 0 Å². The zero-order chi connectivity index (χ0) is 14.0. The van der Waals surface area contributed by atoms with Crippen LogP contribution in [0.15, 0.2) is 24.3 Å². The number of methoxy groups -OCH3 is 1. The van der Waals surface area contributed by atoms with Crippen molar-refractivity contribution in [3.63, 3.8) is 0 Å². The van der Waals surface area contributed by atoms with Crippen LogP contribution in [0.2, 0.25) is 0 Å². The molecule has 1 amide bonds. The third-order valence-electron chi connectivity index (χ3n) is 3.46. The van der Waals surface area contributed by atoms with Gasteiger partial charge in [0, 0.05) is 19.3 Å². The lowest BCUT2D eigenvalue weighted by molar-refractivity contribution is -0.138. The molecule has 0 saturated heterocycles. The number of carbonyl (C=O) groups excluding carboxylic acids is 1. The van der Waals surface area contributed by atoms with E-state index < -0.39 is 18.0 Å². The summed E-state index contributed by atoms with van der Waals surface area (Å²) in [6.45, 7) is 2.04. The zero-order valence-electron chi connectivity index (χ0n) is 11.0. The summed E-state index contributed by atoms with van der Waals surface area (Å²) in [5.74, 6) is -1.75. The Bertz CT molecular complexity index is 496. The number of para-hydroxylation sites is 1. The summed E-state index contributed by atoms with van der Waals surface area (Å²) in [4.78, 5) is 25.1. The highest BCUT2D eigenvalue weighted by Gasteiger charge is 2.38. The number of hydrogen-bond donors (Lipinski definition) is 1. The van der Waals surface area contributed by atoms with Crippen LogP contribution in [0.5, 0.6) is 0 Å². The molecular formula is C14H17NO4. The van der Waals surface area contributed by atoms with Crippen molar-refractivity contribution in [1.29, 1.82) is 0 Å². The van der Waals surface area contributed by atoms with Gasteiger partial charge in [0.05, 0.1) is 0 Å². The van der Waals surface area contributed by atoms with Crippen LogP contribution in [0, 0.1) is 0 Å². The number of carboxylic acids is 1. The highest BCUT2D eigenvalue weighted by Crippen LogP contribution is 2.36. The van der Waals surface area contributed by atoms with Crippen molar-refractivity contribution in [2.24, 2.45) is 0 Å². The van der Waals surface area contributed by atoms with Crippen LogP contribution in [-0.2, 0) is 14.3 Å². The molecule has 1 aliphatic heterocycles. The van der Waals surface area contributed by atoms with E-state index in [2.05, 4.69) is 0 Å². The molecule has 2 rings (SSSR count). The molecule has 1 N–H and O–H groups in total. The van der Waals surface area contributed by atoms with Crippen molar-refractivity contribution >= 4 is 17.6 Å². The Labute approximate surface area is 111 Å². The van der Waals surface area contributed by atoms with Crippen molar-refractivity contribution in [2.75, 3.05) is 18.6 Å². The maximum Gasteiger partial charge on any atom is 0.312 e. The van der Waals surface area contributed by atoms with E-state index in [1.165, 1.54) is 12.0 Å². The summed E-state index contributed by atoms with van der Waals surface area (Å²) in [6, 6.07) is 7.13. The number of rotatable bonds is 4. The van der Waals surface area contributed by atoms with Gasteiger partial charge in [0.25, 0.3) is 5.91 Å². The maximum absolute atomic E-state index is 12.3. The van der Waals surface area contributed by atoms with Crippen molar-refractivity contribution in [1.82, 2.24) is 0 Å². The Hall–Kier alpha value is -1.88. The number of carboxylic acid groups (broad SMARTS) is 1. The molecule has 1 aliphatic rings. The lowest BCUT2D eigenvalue weighted by Gasteiger charge is -2.22. The van der Waals surface area contributed by atoms with E-state index in [9.17, 15) is 14.7 Å². The average molecular weight is 263 g/mol. The van der Waals surface area contributed by atoms with E-state index in [1.54, 1.807) is 24.3 Å². The summed E-state index contributed by atoms with van der Waals surface area (Å²) in [5, 5.41) is 9.24. The van der Waals surface area contributed by atoms with E-state index in [0.29, 0.717) is 17.7 Å². The summed E-state index contributed by atoms with van der Waals surface area (Å²) >= 11 is 0. The first-order valence-electron chi connectivity index (χ1n) is 6.26. The van der Waals surface area contributed by atoms with E-state index in [0.717, 1.165) is 0 Å². The molecule has 0 bridgehead atoms. The van der Waals surface area contributed by atoms with Gasteiger partial charge in [0.1, 0.15) is 12.0 Å². The summed E-state index contributed by atoms with van der Waals surface area (Å²) in [5.41, 5.74) is 1.37. The largest absolute Gasteiger partial charge is 0.481 e. The van der Waals surface area contributed by atoms with Gasteiger partial charge in [0.15, 0.2) is 0 Å². The topological polar surface area (TPSA) is 66.8 Å². The molecule has 0 spiro atoms. The van der Waals surface area contributed by atoms with Gasteiger partial charge in [-0.15, -0.1) is 0 Å². The molecule has 1 aromatic carbocycles. The third-order valence-corrected chi connectivity index (χ3v) is 3.46. The van der Waals surface area contributed by atoms with Gasteiger partial charge >= 0.3 is 5.97 Å². The number of aliphatic carboxylic acids is 1. The lowest BCUT2D eigenvalue weighted by Crippen LogP contribution is -2.39. The Morgan fingerprint density at radius 3 is 2.74 bits per heavy atom. The number of ether oxygens (including phenoxy) is 1. The Morgan fingerprint density at radius 1 is 1.47 bits per heavy atom. The SMILES string of the molecule is CC[C@H](OC)C(=O)N1C[C@@H](C(=O)O)c2ccccc21. The molecule has 1 aromatic rings. The Balaban J connectivity index is 2.35. The van der Waals surface area contributed by atoms with E-state index in [4.69, 9.17) is 4.74 Å². The molecule has 0 aliphatic carbocycles. The molecule has 5 nitrogen and oxygen atoms in total. The Kier molecular flexibility index (Phi) is 3.85. The minimum atomic E-state index is -0.909. The van der Waals surface area contributed by atoms with Gasteiger partial charge in [-0.05, 0) is 18.1 Å². The first-order chi connectivity index (χ1) is 9.10. The second-order valence-electron chi connectivity index (χ2n) is 4.53. The van der Waals surface area contributed by atoms with Crippen molar-refractivity contribution in [3.05, 3.63) is 29.8 Å². The molecule has 2 atom stereocenters. The number of benzene rings is 1. The Morgan fingerprint density at radius 2 is 2.16 bits per heavy atom. The number of carbonyl (C=O) groups is 2. The predicted molar refractivity (Wildman–Crippen MR) is 70.3 cm³/mol. The molecule has 0 saturated carbocycles. The van der Waals surface area contributed by atoms with Crippen LogP contribution in [0.1, 0.15) is 24.8 Å². The molecule has 19 heavy (non-hydrogen) atoms. The normalized spacial score (nSPS) is 19.1. The maximum atomic E-state index is 12.3. The van der Waals surface area contributed by atoms with Gasteiger partial charge in [-0.1, -0.05) is 25.1 Å². The summed E-state index contributed by atoms with van der Waals surface area (Å²) in [6.07, 6.45) is 0.0340. The molecular weight excluding hydrogens is 246 g/mol. The fourth-order valence-electron chi connectivity index (χ4n) is 2.44. The minimum absolute atomic E-state index is 0.174. The molecule has 0 radical (unpaired) electrons. The van der Waals surface area contributed by atoms with Gasteiger partial charge < -0.3 is 14.7 Å². The standard InChI is InChI=1S/C14H17NO4/c1-3-12(19-2)13(16)15-8-10(14(17)18)9-6-4-5-7-11(9)15/h4-7,10,12H,3,8H2,1-2H3,(H,17,18)/t10-,12+/m1/s1. The fourth-order valence-corrected chi connectivity index (χ4v) is 2.44. The predicted octanol–water partition coefficient (Wildman–Crippen LogP) is 1.63. The summed E-state index contributed by atoms with van der Waals surface area (Å²) in [7, 11) is 1.49. The molecule has 0 fully saturated rings. The number of nitrogens with zero attached hydrogens (tertiary/aromatic N) is 1. The number of anilines is 1. The molecule has 1 heterocycles. The van der Waals surface area contributed by atoms with Gasteiger partial charge in [-0.3, -0.25) is 9.59 Å². The van der Waals surface area contributed by atoms with Gasteiger partial charge in [-0.25, -0.2) is 0 Å². The lowest BCUT2D eigenvalue weighted by atomic mass is 10.0. The number of amides is 1. The van der Waals surface area contributed by atoms with E-state index in [1.807, 2.05) is 6.92 Å². The average Bonchev–Trinajstić information content (AvgIpc) is 2.79. The molecule has 0 aromatic heterocycles. The van der Waals surface area contributed by atoms with Crippen molar-refractivity contribution in [2.45, 2.75) is 25.4 Å². The monoisotopic (exact) mass is 263 g/mol. The fraction of sp³-hybridized carbons (Fsp3) is 0.429. The van der Waals surface area contributed by atoms with E-state index in [-0.39, 0.29) is 12.5 Å². The second-order valence-corrected chi connectivity index (χ2v) is 4.53. The van der Waals surface area contributed by atoms with Crippen LogP contribution in [0.25, 0.3) is 0 Å². The van der Waals surface area contributed by atoms with Crippen molar-refractivity contribution < 1.29 is 19.4 Å². The number of hydrogen-bond acceptors (Lipinski definition) is 3. The number of fused-ring (bicyclic) bond motifs is 1. The minimum Gasteiger partial charge on any atom is -0.481 e. The smallest absolute Gasteiger partial charge is 0.312 e. The molecule has 102 valence electrons. The third kappa shape index (κ3) is 2.33. The quantitative estimate of drug-likeness (QED) is 0.896. The van der Waals surface area contributed by atoms with Gasteiger partial charge in [0.2, 0.25) is 0 Å². The molecule has 5 heteroatoms. The highest BCUT2D eigenvalue weighted by molar-refractivity contribution is 6.01. The molecule has 0 unspecified atom stereocenters. The second kappa shape index (κ2) is 5.40. The van der Waals surface area contributed by atoms with Crippen LogP contribution < -0.4 is 4.90 Å². The van der Waals surface area contributed by atoms with Crippen molar-refractivity contribution in [3.8, 4) is 0 Å². The first kappa shape index (κ1) is 13.5. The summed E-state index contributed by atoms with van der Waals surface area (Å²) < 4.78 is 5.15. The van der Waals surface area contributed by atoms with Crippen LogP contribution >= 0.6 is 0 Å². The first-order valence-corrected chi connectivity index (χ1v) is 6.26. The van der Waals surface area contributed by atoms with Crippen LogP contribution in [0.3, 0.4) is 0 Å². The highest BCUT2D eigenvalue weighted by atomic mass is 16.5. The van der Waals surface area contributed by atoms with Crippen LogP contribution in [-0.4, -0.2) is 36.7 Å². The van der Waals surface area contributed by atoms with Gasteiger partial charge in [-0.2, -0.15) is 0 Å². The van der Waals surface area contributed by atoms with Crippen LogP contribution in [0.4, 0.5) is 5.69 Å². The zero-order valence-corrected chi connectivity index (χ0v) is 11.0.